The number of hydrogen-bond acceptors (Lipinski definition) is 3. The van der Waals surface area contributed by atoms with E-state index in [0.717, 1.165) is 29.7 Å². The number of aryl methyl sites for hydroxylation is 2. The summed E-state index contributed by atoms with van der Waals surface area (Å²) in [6, 6.07) is 7.58. The van der Waals surface area contributed by atoms with Crippen molar-refractivity contribution < 1.29 is 9.18 Å². The SMILES string of the molecule is Cc1cc2ncc(CCCNC(=O)c3cccc(F)c3)cn2n1. The molecule has 23 heavy (non-hydrogen) atoms. The van der Waals surface area contributed by atoms with E-state index in [0.29, 0.717) is 12.1 Å². The van der Waals surface area contributed by atoms with Crippen molar-refractivity contribution in [1.82, 2.24) is 19.9 Å². The lowest BCUT2D eigenvalue weighted by Crippen LogP contribution is -2.24. The van der Waals surface area contributed by atoms with Crippen LogP contribution in [0.1, 0.15) is 28.0 Å². The van der Waals surface area contributed by atoms with Crippen LogP contribution < -0.4 is 5.32 Å². The average Bonchev–Trinajstić information content (AvgIpc) is 2.90. The summed E-state index contributed by atoms with van der Waals surface area (Å²) in [5, 5.41) is 7.12. The Hall–Kier alpha value is -2.76. The number of carbonyl (C=O) groups is 1. The van der Waals surface area contributed by atoms with Crippen LogP contribution in [-0.4, -0.2) is 27.0 Å². The van der Waals surface area contributed by atoms with Gasteiger partial charge in [0.25, 0.3) is 5.91 Å². The number of hydrogen-bond donors (Lipinski definition) is 1. The van der Waals surface area contributed by atoms with Gasteiger partial charge in [-0.25, -0.2) is 13.9 Å². The number of amides is 1. The van der Waals surface area contributed by atoms with Crippen molar-refractivity contribution in [3.05, 3.63) is 65.4 Å². The van der Waals surface area contributed by atoms with Crippen molar-refractivity contribution >= 4 is 11.6 Å². The maximum absolute atomic E-state index is 13.1. The highest BCUT2D eigenvalue weighted by Gasteiger charge is 2.06. The van der Waals surface area contributed by atoms with E-state index in [1.807, 2.05) is 25.4 Å². The van der Waals surface area contributed by atoms with E-state index in [1.165, 1.54) is 18.2 Å². The highest BCUT2D eigenvalue weighted by Crippen LogP contribution is 2.07. The Morgan fingerprint density at radius 2 is 2.22 bits per heavy atom. The van der Waals surface area contributed by atoms with Gasteiger partial charge in [-0.2, -0.15) is 5.10 Å². The summed E-state index contributed by atoms with van der Waals surface area (Å²) in [5.41, 5.74) is 3.14. The molecule has 2 heterocycles. The summed E-state index contributed by atoms with van der Waals surface area (Å²) in [5.74, 6) is -0.674. The van der Waals surface area contributed by atoms with Crippen LogP contribution >= 0.6 is 0 Å². The predicted octanol–water partition coefficient (Wildman–Crippen LogP) is 2.54. The van der Waals surface area contributed by atoms with Gasteiger partial charge in [0, 0.05) is 30.6 Å². The first-order valence-electron chi connectivity index (χ1n) is 7.46. The zero-order valence-electron chi connectivity index (χ0n) is 12.8. The third-order valence-electron chi connectivity index (χ3n) is 3.50. The first-order chi connectivity index (χ1) is 11.1. The zero-order valence-corrected chi connectivity index (χ0v) is 12.8. The fourth-order valence-corrected chi connectivity index (χ4v) is 2.39. The third-order valence-corrected chi connectivity index (χ3v) is 3.50. The quantitative estimate of drug-likeness (QED) is 0.737. The summed E-state index contributed by atoms with van der Waals surface area (Å²) < 4.78 is 14.8. The molecule has 0 fully saturated rings. The van der Waals surface area contributed by atoms with Gasteiger partial charge in [-0.15, -0.1) is 0 Å². The molecule has 0 saturated carbocycles. The van der Waals surface area contributed by atoms with Gasteiger partial charge < -0.3 is 5.32 Å². The van der Waals surface area contributed by atoms with Crippen LogP contribution in [0.5, 0.6) is 0 Å². The highest BCUT2D eigenvalue weighted by molar-refractivity contribution is 5.94. The Kier molecular flexibility index (Phi) is 4.32. The van der Waals surface area contributed by atoms with E-state index in [-0.39, 0.29) is 5.91 Å². The van der Waals surface area contributed by atoms with Crippen molar-refractivity contribution in [2.75, 3.05) is 6.54 Å². The second-order valence-corrected chi connectivity index (χ2v) is 5.42. The largest absolute Gasteiger partial charge is 0.352 e. The molecule has 1 N–H and O–H groups in total. The van der Waals surface area contributed by atoms with Crippen LogP contribution in [0.15, 0.2) is 42.7 Å². The maximum atomic E-state index is 13.1. The Balaban J connectivity index is 1.51. The van der Waals surface area contributed by atoms with Gasteiger partial charge in [0.1, 0.15) is 5.82 Å². The molecule has 0 saturated heterocycles. The van der Waals surface area contributed by atoms with Crippen LogP contribution in [0.4, 0.5) is 4.39 Å². The summed E-state index contributed by atoms with van der Waals surface area (Å²) in [6.45, 7) is 2.45. The number of fused-ring (bicyclic) bond motifs is 1. The molecule has 6 heteroatoms. The first-order valence-corrected chi connectivity index (χ1v) is 7.46. The molecule has 1 amide bonds. The number of aromatic nitrogens is 3. The van der Waals surface area contributed by atoms with Gasteiger partial charge >= 0.3 is 0 Å². The number of nitrogens with one attached hydrogen (secondary N) is 1. The Bertz CT molecular complexity index is 843. The summed E-state index contributed by atoms with van der Waals surface area (Å²) in [7, 11) is 0. The Labute approximate surface area is 133 Å². The summed E-state index contributed by atoms with van der Waals surface area (Å²) in [4.78, 5) is 16.2. The molecule has 0 atom stereocenters. The van der Waals surface area contributed by atoms with Crippen molar-refractivity contribution in [3.63, 3.8) is 0 Å². The highest BCUT2D eigenvalue weighted by atomic mass is 19.1. The number of carbonyl (C=O) groups excluding carboxylic acids is 1. The molecule has 0 unspecified atom stereocenters. The molecule has 0 bridgehead atoms. The monoisotopic (exact) mass is 312 g/mol. The van der Waals surface area contributed by atoms with Crippen LogP contribution in [0, 0.1) is 12.7 Å². The molecule has 0 aliphatic rings. The van der Waals surface area contributed by atoms with E-state index in [9.17, 15) is 9.18 Å². The van der Waals surface area contributed by atoms with E-state index in [1.54, 1.807) is 10.6 Å². The van der Waals surface area contributed by atoms with Crippen molar-refractivity contribution in [2.24, 2.45) is 0 Å². The Morgan fingerprint density at radius 1 is 1.35 bits per heavy atom. The molecule has 0 aliphatic carbocycles. The molecule has 118 valence electrons. The molecule has 0 radical (unpaired) electrons. The molecule has 5 nitrogen and oxygen atoms in total. The third kappa shape index (κ3) is 3.71. The number of benzene rings is 1. The van der Waals surface area contributed by atoms with Gasteiger partial charge in [0.2, 0.25) is 0 Å². The van der Waals surface area contributed by atoms with Gasteiger partial charge in [-0.1, -0.05) is 6.07 Å². The van der Waals surface area contributed by atoms with Crippen LogP contribution in [0.25, 0.3) is 5.65 Å². The molecular formula is C17H17FN4O. The van der Waals surface area contributed by atoms with E-state index in [4.69, 9.17) is 0 Å². The second kappa shape index (κ2) is 6.56. The zero-order chi connectivity index (χ0) is 16.2. The number of halogens is 1. The minimum absolute atomic E-state index is 0.263. The van der Waals surface area contributed by atoms with E-state index >= 15 is 0 Å². The van der Waals surface area contributed by atoms with E-state index in [2.05, 4.69) is 15.4 Å². The fraction of sp³-hybridized carbons (Fsp3) is 0.235. The fourth-order valence-electron chi connectivity index (χ4n) is 2.39. The topological polar surface area (TPSA) is 59.3 Å². The lowest BCUT2D eigenvalue weighted by Gasteiger charge is -2.05. The van der Waals surface area contributed by atoms with Crippen LogP contribution in [0.2, 0.25) is 0 Å². The van der Waals surface area contributed by atoms with Crippen molar-refractivity contribution in [2.45, 2.75) is 19.8 Å². The number of nitrogens with zero attached hydrogens (tertiary/aromatic N) is 3. The van der Waals surface area contributed by atoms with Crippen LogP contribution in [-0.2, 0) is 6.42 Å². The maximum Gasteiger partial charge on any atom is 0.251 e. The lowest BCUT2D eigenvalue weighted by atomic mass is 10.2. The molecule has 0 aliphatic heterocycles. The standard InChI is InChI=1S/C17H17FN4O/c1-12-8-16-20-10-13(11-22(16)21-12)4-3-7-19-17(23)14-5-2-6-15(18)9-14/h2,5-6,8-11H,3-4,7H2,1H3,(H,19,23). The minimum Gasteiger partial charge on any atom is -0.352 e. The molecule has 1 aromatic carbocycles. The molecule has 3 aromatic rings. The normalized spacial score (nSPS) is 10.9. The predicted molar refractivity (Wildman–Crippen MR) is 84.8 cm³/mol. The van der Waals surface area contributed by atoms with Crippen LogP contribution in [0.3, 0.4) is 0 Å². The molecule has 0 spiro atoms. The Morgan fingerprint density at radius 3 is 3.04 bits per heavy atom. The van der Waals surface area contributed by atoms with Gasteiger partial charge in [-0.05, 0) is 43.5 Å². The lowest BCUT2D eigenvalue weighted by molar-refractivity contribution is 0.0953. The molecular weight excluding hydrogens is 295 g/mol. The average molecular weight is 312 g/mol. The molecule has 3 rings (SSSR count). The second-order valence-electron chi connectivity index (χ2n) is 5.42. The molecule has 2 aromatic heterocycles. The van der Waals surface area contributed by atoms with Crippen molar-refractivity contribution in [3.8, 4) is 0 Å². The van der Waals surface area contributed by atoms with E-state index < -0.39 is 5.82 Å². The summed E-state index contributed by atoms with van der Waals surface area (Å²) in [6.07, 6.45) is 5.33. The summed E-state index contributed by atoms with van der Waals surface area (Å²) >= 11 is 0. The van der Waals surface area contributed by atoms with Crippen molar-refractivity contribution in [1.29, 1.82) is 0 Å². The van der Waals surface area contributed by atoms with Gasteiger partial charge in [0.05, 0.1) is 5.69 Å². The van der Waals surface area contributed by atoms with Gasteiger partial charge in [0.15, 0.2) is 5.65 Å². The minimum atomic E-state index is -0.411. The number of rotatable bonds is 5. The first kappa shape index (κ1) is 15.1. The van der Waals surface area contributed by atoms with Gasteiger partial charge in [-0.3, -0.25) is 4.79 Å². The smallest absolute Gasteiger partial charge is 0.251 e.